The number of esters is 1. The summed E-state index contributed by atoms with van der Waals surface area (Å²) < 4.78 is 4.65. The topological polar surface area (TPSA) is 26.3 Å². The minimum Gasteiger partial charge on any atom is -0.449 e. The van der Waals surface area contributed by atoms with Crippen molar-refractivity contribution in [2.45, 2.75) is 0 Å². The standard InChI is InChI=1S/C12H9ClO2/c1-2-8-15-12(14)7-6-10-4-3-5-11(13)9-10/h1,3-7,9H,8H2. The summed E-state index contributed by atoms with van der Waals surface area (Å²) in [6.07, 6.45) is 7.86. The van der Waals surface area contributed by atoms with Crippen LogP contribution in [0.2, 0.25) is 5.02 Å². The molecule has 0 spiro atoms. The van der Waals surface area contributed by atoms with E-state index in [9.17, 15) is 4.79 Å². The summed E-state index contributed by atoms with van der Waals surface area (Å²) in [6, 6.07) is 7.13. The smallest absolute Gasteiger partial charge is 0.331 e. The van der Waals surface area contributed by atoms with Gasteiger partial charge < -0.3 is 4.74 Å². The average molecular weight is 221 g/mol. The molecule has 2 nitrogen and oxygen atoms in total. The molecule has 0 aliphatic rings. The first kappa shape index (κ1) is 11.4. The molecule has 1 aromatic carbocycles. The maximum Gasteiger partial charge on any atom is 0.331 e. The molecule has 0 heterocycles. The molecule has 0 bridgehead atoms. The number of carbonyl (C=O) groups excluding carboxylic acids is 1. The van der Waals surface area contributed by atoms with Crippen LogP contribution in [0.1, 0.15) is 5.56 Å². The molecule has 1 aromatic rings. The highest BCUT2D eigenvalue weighted by atomic mass is 35.5. The summed E-state index contributed by atoms with van der Waals surface area (Å²) in [7, 11) is 0. The summed E-state index contributed by atoms with van der Waals surface area (Å²) >= 11 is 5.77. The monoisotopic (exact) mass is 220 g/mol. The Morgan fingerprint density at radius 1 is 1.60 bits per heavy atom. The SMILES string of the molecule is C#CCOC(=O)C=Cc1cccc(Cl)c1. The molecule has 0 N–H and O–H groups in total. The third-order valence-electron chi connectivity index (χ3n) is 1.56. The van der Waals surface area contributed by atoms with E-state index in [1.807, 2.05) is 6.07 Å². The van der Waals surface area contributed by atoms with Gasteiger partial charge in [-0.1, -0.05) is 29.7 Å². The average Bonchev–Trinajstić information content (AvgIpc) is 2.23. The molecule has 3 heteroatoms. The predicted molar refractivity (Wildman–Crippen MR) is 60.3 cm³/mol. The number of halogens is 1. The largest absolute Gasteiger partial charge is 0.449 e. The molecule has 0 radical (unpaired) electrons. The Kier molecular flexibility index (Phi) is 4.46. The molecule has 0 aliphatic heterocycles. The molecule has 0 amide bonds. The van der Waals surface area contributed by atoms with E-state index in [2.05, 4.69) is 10.7 Å². The van der Waals surface area contributed by atoms with Crippen molar-refractivity contribution in [3.63, 3.8) is 0 Å². The van der Waals surface area contributed by atoms with Crippen molar-refractivity contribution in [3.05, 3.63) is 40.9 Å². The Balaban J connectivity index is 2.58. The Labute approximate surface area is 93.5 Å². The molecule has 0 aliphatic carbocycles. The van der Waals surface area contributed by atoms with E-state index < -0.39 is 5.97 Å². The maximum absolute atomic E-state index is 11.0. The molecule has 0 fully saturated rings. The number of ether oxygens (including phenoxy) is 1. The molecule has 15 heavy (non-hydrogen) atoms. The quantitative estimate of drug-likeness (QED) is 0.445. The molecule has 0 atom stereocenters. The van der Waals surface area contributed by atoms with Gasteiger partial charge >= 0.3 is 5.97 Å². The van der Waals surface area contributed by atoms with E-state index in [-0.39, 0.29) is 6.61 Å². The van der Waals surface area contributed by atoms with E-state index in [0.717, 1.165) is 5.56 Å². The number of carbonyl (C=O) groups is 1. The number of benzene rings is 1. The Hall–Kier alpha value is -1.72. The van der Waals surface area contributed by atoms with Gasteiger partial charge in [0.15, 0.2) is 6.61 Å². The zero-order valence-corrected chi connectivity index (χ0v) is 8.70. The summed E-state index contributed by atoms with van der Waals surface area (Å²) in [4.78, 5) is 11.0. The highest BCUT2D eigenvalue weighted by Crippen LogP contribution is 2.11. The van der Waals surface area contributed by atoms with Gasteiger partial charge in [0.2, 0.25) is 0 Å². The van der Waals surface area contributed by atoms with Gasteiger partial charge in [-0.25, -0.2) is 4.79 Å². The number of rotatable bonds is 3. The molecular weight excluding hydrogens is 212 g/mol. The highest BCUT2D eigenvalue weighted by molar-refractivity contribution is 6.30. The van der Waals surface area contributed by atoms with Crippen LogP contribution in [0, 0.1) is 12.3 Å². The van der Waals surface area contributed by atoms with E-state index in [4.69, 9.17) is 18.0 Å². The molecule has 76 valence electrons. The van der Waals surface area contributed by atoms with Crippen molar-refractivity contribution >= 4 is 23.6 Å². The Morgan fingerprint density at radius 3 is 3.07 bits per heavy atom. The van der Waals surface area contributed by atoms with Gasteiger partial charge in [-0.15, -0.1) is 6.42 Å². The van der Waals surface area contributed by atoms with Gasteiger partial charge in [0.25, 0.3) is 0 Å². The van der Waals surface area contributed by atoms with Crippen LogP contribution in [0.5, 0.6) is 0 Å². The van der Waals surface area contributed by atoms with Crippen molar-refractivity contribution in [1.82, 2.24) is 0 Å². The lowest BCUT2D eigenvalue weighted by Crippen LogP contribution is -1.99. The van der Waals surface area contributed by atoms with Crippen molar-refractivity contribution < 1.29 is 9.53 Å². The lowest BCUT2D eigenvalue weighted by Gasteiger charge is -1.95. The predicted octanol–water partition coefficient (Wildman–Crippen LogP) is 2.53. The zero-order valence-electron chi connectivity index (χ0n) is 7.94. The minimum absolute atomic E-state index is 0.0152. The third kappa shape index (κ3) is 4.35. The number of hydrogen-bond donors (Lipinski definition) is 0. The lowest BCUT2D eigenvalue weighted by molar-refractivity contribution is -0.136. The van der Waals surface area contributed by atoms with E-state index in [1.54, 1.807) is 24.3 Å². The normalized spacial score (nSPS) is 9.87. The highest BCUT2D eigenvalue weighted by Gasteiger charge is 1.94. The molecular formula is C12H9ClO2. The van der Waals surface area contributed by atoms with Crippen molar-refractivity contribution in [3.8, 4) is 12.3 Å². The first-order valence-electron chi connectivity index (χ1n) is 4.26. The van der Waals surface area contributed by atoms with Gasteiger partial charge in [0.05, 0.1) is 0 Å². The van der Waals surface area contributed by atoms with Crippen LogP contribution >= 0.6 is 11.6 Å². The van der Waals surface area contributed by atoms with E-state index in [1.165, 1.54) is 6.08 Å². The minimum atomic E-state index is -0.465. The van der Waals surface area contributed by atoms with Gasteiger partial charge in [0, 0.05) is 11.1 Å². The van der Waals surface area contributed by atoms with Crippen molar-refractivity contribution in [2.75, 3.05) is 6.61 Å². The molecule has 0 saturated heterocycles. The summed E-state index contributed by atoms with van der Waals surface area (Å²) in [5.74, 6) is 1.74. The fourth-order valence-electron chi connectivity index (χ4n) is 0.935. The summed E-state index contributed by atoms with van der Waals surface area (Å²) in [6.45, 7) is -0.0152. The second-order valence-electron chi connectivity index (χ2n) is 2.70. The third-order valence-corrected chi connectivity index (χ3v) is 1.79. The van der Waals surface area contributed by atoms with Crippen LogP contribution in [0.25, 0.3) is 6.08 Å². The second-order valence-corrected chi connectivity index (χ2v) is 3.14. The first-order chi connectivity index (χ1) is 7.22. The second kappa shape index (κ2) is 5.90. The fraction of sp³-hybridized carbons (Fsp3) is 0.0833. The van der Waals surface area contributed by atoms with Gasteiger partial charge in [0.1, 0.15) is 0 Å². The van der Waals surface area contributed by atoms with E-state index in [0.29, 0.717) is 5.02 Å². The van der Waals surface area contributed by atoms with Crippen LogP contribution in [0.15, 0.2) is 30.3 Å². The Bertz CT molecular complexity index is 416. The van der Waals surface area contributed by atoms with Crippen LogP contribution in [0.3, 0.4) is 0 Å². The van der Waals surface area contributed by atoms with Crippen molar-refractivity contribution in [2.24, 2.45) is 0 Å². The maximum atomic E-state index is 11.0. The van der Waals surface area contributed by atoms with Crippen LogP contribution in [0.4, 0.5) is 0 Å². The van der Waals surface area contributed by atoms with Crippen LogP contribution in [-0.2, 0) is 9.53 Å². The van der Waals surface area contributed by atoms with Crippen LogP contribution in [-0.4, -0.2) is 12.6 Å². The number of hydrogen-bond acceptors (Lipinski definition) is 2. The summed E-state index contributed by atoms with van der Waals surface area (Å²) in [5, 5.41) is 0.620. The first-order valence-corrected chi connectivity index (χ1v) is 4.64. The fourth-order valence-corrected chi connectivity index (χ4v) is 1.13. The number of terminal acetylenes is 1. The lowest BCUT2D eigenvalue weighted by atomic mass is 10.2. The van der Waals surface area contributed by atoms with Gasteiger partial charge in [-0.3, -0.25) is 0 Å². The Morgan fingerprint density at radius 2 is 2.40 bits per heavy atom. The zero-order chi connectivity index (χ0) is 11.1. The van der Waals surface area contributed by atoms with E-state index >= 15 is 0 Å². The summed E-state index contributed by atoms with van der Waals surface area (Å²) in [5.41, 5.74) is 0.833. The molecule has 1 rings (SSSR count). The molecule has 0 saturated carbocycles. The van der Waals surface area contributed by atoms with Crippen molar-refractivity contribution in [1.29, 1.82) is 0 Å². The van der Waals surface area contributed by atoms with Gasteiger partial charge in [-0.2, -0.15) is 0 Å². The molecule has 0 unspecified atom stereocenters. The van der Waals surface area contributed by atoms with Gasteiger partial charge in [-0.05, 0) is 23.8 Å². The molecule has 0 aromatic heterocycles. The van der Waals surface area contributed by atoms with Crippen LogP contribution < -0.4 is 0 Å².